The van der Waals surface area contributed by atoms with Crippen LogP contribution in [0.25, 0.3) is 0 Å². The third-order valence-electron chi connectivity index (χ3n) is 10.7. The van der Waals surface area contributed by atoms with Crippen LogP contribution in [0.4, 0.5) is 34.1 Å². The molecule has 0 bridgehead atoms. The molecule has 6 rings (SSSR count). The first kappa shape index (κ1) is 45.2. The lowest BCUT2D eigenvalue weighted by atomic mass is 9.84. The summed E-state index contributed by atoms with van der Waals surface area (Å²) in [7, 11) is 0. The van der Waals surface area contributed by atoms with Crippen LogP contribution in [-0.2, 0) is 23.9 Å². The van der Waals surface area contributed by atoms with Gasteiger partial charge in [-0.25, -0.2) is 0 Å². The van der Waals surface area contributed by atoms with Crippen molar-refractivity contribution in [2.24, 2.45) is 5.92 Å². The van der Waals surface area contributed by atoms with Gasteiger partial charge in [-0.1, -0.05) is 104 Å². The van der Waals surface area contributed by atoms with Gasteiger partial charge in [0.05, 0.1) is 0 Å². The van der Waals surface area contributed by atoms with E-state index in [2.05, 4.69) is 162 Å². The minimum absolute atomic E-state index is 0.0877. The van der Waals surface area contributed by atoms with Crippen molar-refractivity contribution >= 4 is 34.1 Å². The van der Waals surface area contributed by atoms with Gasteiger partial charge in [0.1, 0.15) is 11.5 Å². The quantitative estimate of drug-likeness (QED) is 0.0800. The topological polar surface area (TPSA) is 79.8 Å². The molecule has 1 atom stereocenters. The van der Waals surface area contributed by atoms with Crippen LogP contribution in [0.15, 0.2) is 133 Å². The average Bonchev–Trinajstić information content (AvgIpc) is 3.19. The number of aromatic hydroxyl groups is 2. The second kappa shape index (κ2) is 19.9. The van der Waals surface area contributed by atoms with Crippen molar-refractivity contribution in [2.75, 3.05) is 20.9 Å². The van der Waals surface area contributed by atoms with E-state index < -0.39 is 0 Å². The number of phenolic OH excluding ortho intramolecular Hbond substituents is 2. The lowest BCUT2D eigenvalue weighted by molar-refractivity contribution is 0.441. The Labute approximate surface area is 360 Å². The first-order valence-corrected chi connectivity index (χ1v) is 21.4. The summed E-state index contributed by atoms with van der Waals surface area (Å²) >= 11 is 0. The SMILES string of the molecule is Cc1cc(CN(c2ccc(Nc3ccccc3)cc2)C(C)CC(C)C)cc(C(C)(C)C)c1O.Cc1cc(CNc2ccc(Nc3ccccc3)cc2)cc(C(C)(C)C)c1O. The van der Waals surface area contributed by atoms with Gasteiger partial charge >= 0.3 is 0 Å². The molecule has 316 valence electrons. The maximum absolute atomic E-state index is 10.7. The Morgan fingerprint density at radius 1 is 0.517 bits per heavy atom. The molecule has 0 saturated carbocycles. The van der Waals surface area contributed by atoms with Crippen molar-refractivity contribution in [3.05, 3.63) is 167 Å². The third kappa shape index (κ3) is 12.8. The van der Waals surface area contributed by atoms with E-state index in [1.165, 1.54) is 16.8 Å². The molecule has 0 aliphatic rings. The lowest BCUT2D eigenvalue weighted by Crippen LogP contribution is -2.33. The molecule has 5 N–H and O–H groups in total. The molecular formula is C54H68N4O2. The number of aryl methyl sites for hydroxylation is 2. The summed E-state index contributed by atoms with van der Waals surface area (Å²) in [5.41, 5.74) is 12.6. The van der Waals surface area contributed by atoms with Crippen LogP contribution in [0.1, 0.15) is 102 Å². The first-order chi connectivity index (χ1) is 28.4. The zero-order chi connectivity index (χ0) is 43.6. The van der Waals surface area contributed by atoms with Gasteiger partial charge in [-0.15, -0.1) is 0 Å². The van der Waals surface area contributed by atoms with Crippen LogP contribution < -0.4 is 20.9 Å². The molecule has 6 aromatic carbocycles. The molecule has 0 aromatic heterocycles. The average molecular weight is 805 g/mol. The number of nitrogens with one attached hydrogen (secondary N) is 3. The van der Waals surface area contributed by atoms with Crippen molar-refractivity contribution in [3.8, 4) is 11.5 Å². The minimum Gasteiger partial charge on any atom is -0.507 e. The molecular weight excluding hydrogens is 737 g/mol. The van der Waals surface area contributed by atoms with Crippen LogP contribution >= 0.6 is 0 Å². The van der Waals surface area contributed by atoms with Gasteiger partial charge in [-0.05, 0) is 162 Å². The van der Waals surface area contributed by atoms with E-state index in [4.69, 9.17) is 0 Å². The second-order valence-electron chi connectivity index (χ2n) is 18.7. The summed E-state index contributed by atoms with van der Waals surface area (Å²) in [5, 5.41) is 31.4. The zero-order valence-electron chi connectivity index (χ0n) is 37.8. The Balaban J connectivity index is 0.000000232. The molecule has 0 heterocycles. The van der Waals surface area contributed by atoms with E-state index in [-0.39, 0.29) is 10.8 Å². The van der Waals surface area contributed by atoms with Crippen molar-refractivity contribution in [3.63, 3.8) is 0 Å². The van der Waals surface area contributed by atoms with Crippen LogP contribution in [0.5, 0.6) is 11.5 Å². The molecule has 6 heteroatoms. The highest BCUT2D eigenvalue weighted by Gasteiger charge is 2.23. The van der Waals surface area contributed by atoms with Gasteiger partial charge in [0, 0.05) is 53.3 Å². The highest BCUT2D eigenvalue weighted by molar-refractivity contribution is 5.64. The second-order valence-corrected chi connectivity index (χ2v) is 18.7. The van der Waals surface area contributed by atoms with E-state index in [0.717, 1.165) is 70.2 Å². The Morgan fingerprint density at radius 3 is 1.37 bits per heavy atom. The molecule has 0 aliphatic heterocycles. The fourth-order valence-corrected chi connectivity index (χ4v) is 7.54. The highest BCUT2D eigenvalue weighted by Crippen LogP contribution is 2.36. The zero-order valence-corrected chi connectivity index (χ0v) is 37.8. The van der Waals surface area contributed by atoms with E-state index in [1.54, 1.807) is 0 Å². The van der Waals surface area contributed by atoms with Gasteiger partial charge in [0.15, 0.2) is 0 Å². The van der Waals surface area contributed by atoms with Gasteiger partial charge in [-0.3, -0.25) is 0 Å². The first-order valence-electron chi connectivity index (χ1n) is 21.4. The Hall–Kier alpha value is -5.88. The predicted octanol–water partition coefficient (Wildman–Crippen LogP) is 14.5. The van der Waals surface area contributed by atoms with E-state index in [9.17, 15) is 10.2 Å². The van der Waals surface area contributed by atoms with Crippen molar-refractivity contribution in [2.45, 2.75) is 113 Å². The molecule has 0 spiro atoms. The number of nitrogens with zero attached hydrogens (tertiary/aromatic N) is 1. The smallest absolute Gasteiger partial charge is 0.122 e. The summed E-state index contributed by atoms with van der Waals surface area (Å²) in [5.74, 6) is 1.44. The summed E-state index contributed by atoms with van der Waals surface area (Å²) < 4.78 is 0. The number of para-hydroxylation sites is 2. The number of benzene rings is 6. The summed E-state index contributed by atoms with van der Waals surface area (Å²) in [4.78, 5) is 2.49. The maximum Gasteiger partial charge on any atom is 0.122 e. The van der Waals surface area contributed by atoms with Crippen molar-refractivity contribution < 1.29 is 10.2 Å². The molecule has 6 aromatic rings. The van der Waals surface area contributed by atoms with Crippen LogP contribution in [0, 0.1) is 19.8 Å². The summed E-state index contributed by atoms with van der Waals surface area (Å²) in [6, 6.07) is 46.2. The minimum atomic E-state index is -0.107. The summed E-state index contributed by atoms with van der Waals surface area (Å²) in [6.07, 6.45) is 1.12. The monoisotopic (exact) mass is 805 g/mol. The predicted molar refractivity (Wildman–Crippen MR) is 258 cm³/mol. The van der Waals surface area contributed by atoms with Gasteiger partial charge in [-0.2, -0.15) is 0 Å². The van der Waals surface area contributed by atoms with Gasteiger partial charge in [0.2, 0.25) is 0 Å². The highest BCUT2D eigenvalue weighted by atomic mass is 16.3. The number of phenols is 2. The Bertz CT molecular complexity index is 2250. The molecule has 60 heavy (non-hydrogen) atoms. The van der Waals surface area contributed by atoms with Crippen molar-refractivity contribution in [1.29, 1.82) is 0 Å². The number of hydrogen-bond donors (Lipinski definition) is 5. The molecule has 0 aliphatic carbocycles. The molecule has 0 fully saturated rings. The van der Waals surface area contributed by atoms with E-state index in [1.807, 2.05) is 68.4 Å². The third-order valence-corrected chi connectivity index (χ3v) is 10.7. The molecule has 0 amide bonds. The van der Waals surface area contributed by atoms with Crippen LogP contribution in [-0.4, -0.2) is 16.3 Å². The molecule has 6 nitrogen and oxygen atoms in total. The Morgan fingerprint density at radius 2 is 0.917 bits per heavy atom. The molecule has 0 saturated heterocycles. The Kier molecular flexibility index (Phi) is 15.0. The molecule has 0 radical (unpaired) electrons. The largest absolute Gasteiger partial charge is 0.507 e. The number of anilines is 6. The number of rotatable bonds is 13. The number of hydrogen-bond acceptors (Lipinski definition) is 6. The molecule has 1 unspecified atom stereocenters. The summed E-state index contributed by atoms with van der Waals surface area (Å²) in [6.45, 7) is 25.2. The van der Waals surface area contributed by atoms with E-state index in [0.29, 0.717) is 23.5 Å². The fraction of sp³-hybridized carbons (Fsp3) is 0.333. The van der Waals surface area contributed by atoms with Crippen LogP contribution in [0.2, 0.25) is 0 Å². The fourth-order valence-electron chi connectivity index (χ4n) is 7.54. The standard InChI is InChI=1S/C30H40N2O.C24H28N2O/c1-21(2)17-23(4)32(20-24-18-22(3)29(33)28(19-24)30(5,6)7)27-15-13-26(14-16-27)31-25-11-9-8-10-12-25;1-17-14-18(15-22(23(17)27)24(2,3)4)16-25-19-10-12-21(13-11-19)26-20-8-6-5-7-9-20/h8-16,18-19,21,23,31,33H,17,20H2,1-7H3;5-15,25-27H,16H2,1-4H3. The normalized spacial score (nSPS) is 12.0. The van der Waals surface area contributed by atoms with Crippen molar-refractivity contribution in [1.82, 2.24) is 0 Å². The maximum atomic E-state index is 10.7. The van der Waals surface area contributed by atoms with E-state index >= 15 is 0 Å². The van der Waals surface area contributed by atoms with Crippen LogP contribution in [0.3, 0.4) is 0 Å². The lowest BCUT2D eigenvalue weighted by Gasteiger charge is -2.33. The van der Waals surface area contributed by atoms with Gasteiger partial charge < -0.3 is 31.1 Å². The van der Waals surface area contributed by atoms with Gasteiger partial charge in [0.25, 0.3) is 0 Å².